The summed E-state index contributed by atoms with van der Waals surface area (Å²) in [5.74, 6) is 1.95. The highest BCUT2D eigenvalue weighted by atomic mass is 15.2. The van der Waals surface area contributed by atoms with E-state index in [0.717, 1.165) is 83.6 Å². The van der Waals surface area contributed by atoms with E-state index in [9.17, 15) is 0 Å². The summed E-state index contributed by atoms with van der Waals surface area (Å²) in [6, 6.07) is 107. The average molecular weight is 1100 g/mol. The monoisotopic (exact) mass is 1100 g/mol. The smallest absolute Gasteiger partial charge is 0.164 e. The van der Waals surface area contributed by atoms with Gasteiger partial charge in [0.1, 0.15) is 0 Å². The molecule has 0 N–H and O–H groups in total. The van der Waals surface area contributed by atoms with Crippen molar-refractivity contribution in [3.63, 3.8) is 0 Å². The van der Waals surface area contributed by atoms with E-state index in [0.29, 0.717) is 17.5 Å². The van der Waals surface area contributed by atoms with Crippen molar-refractivity contribution in [3.8, 4) is 107 Å². The summed E-state index contributed by atoms with van der Waals surface area (Å²) >= 11 is 0. The van der Waals surface area contributed by atoms with Crippen LogP contribution < -0.4 is 4.90 Å². The first kappa shape index (κ1) is 50.5. The van der Waals surface area contributed by atoms with Crippen molar-refractivity contribution in [2.24, 2.45) is 0 Å². The highest BCUT2D eigenvalue weighted by Crippen LogP contribution is 2.51. The maximum absolute atomic E-state index is 5.54. The summed E-state index contributed by atoms with van der Waals surface area (Å²) in [6.45, 7) is 0. The van der Waals surface area contributed by atoms with Crippen LogP contribution in [0, 0.1) is 0 Å². The zero-order chi connectivity index (χ0) is 56.9. The number of nitrogens with zero attached hydrogens (tertiary/aromatic N) is 5. The summed E-state index contributed by atoms with van der Waals surface area (Å²) in [7, 11) is 0. The Morgan fingerprint density at radius 2 is 0.640 bits per heavy atom. The zero-order valence-corrected chi connectivity index (χ0v) is 47.0. The molecular weight excluding hydrogens is 1040 g/mol. The van der Waals surface area contributed by atoms with E-state index >= 15 is 0 Å². The molecule has 1 aliphatic heterocycles. The molecule has 5 heteroatoms. The predicted molar refractivity (Wildman–Crippen MR) is 356 cm³/mol. The molecule has 2 aromatic heterocycles. The largest absolute Gasteiger partial charge is 0.333 e. The number of hydrogen-bond acceptors (Lipinski definition) is 4. The fraction of sp³-hybridized carbons (Fsp3) is 0.0247. The van der Waals surface area contributed by atoms with Gasteiger partial charge in [-0.3, -0.25) is 0 Å². The van der Waals surface area contributed by atoms with Crippen molar-refractivity contribution in [1.82, 2.24) is 19.5 Å². The maximum Gasteiger partial charge on any atom is 0.164 e. The molecular formula is C81H55N5. The van der Waals surface area contributed by atoms with Crippen molar-refractivity contribution in [2.75, 3.05) is 4.90 Å². The lowest BCUT2D eigenvalue weighted by Crippen LogP contribution is -2.29. The van der Waals surface area contributed by atoms with Crippen LogP contribution in [0.3, 0.4) is 0 Å². The molecule has 2 unspecified atom stereocenters. The van der Waals surface area contributed by atoms with Crippen molar-refractivity contribution in [2.45, 2.75) is 12.0 Å². The number of rotatable bonds is 11. The standard InChI is InChI=1S/C81H55N5/c1-4-22-54(23-5-1)57-28-18-30-59(48-57)61-32-20-34-63(50-61)67-46-44-65(52-77(67)85-73-40-14-10-36-69(73)70-37-11-15-41-74(70)85)80-82-79(56-26-8-3-9-27-56)83-81(84-80)66-45-47-68(78(53-66)86-75-42-16-12-38-71(75)72-39-13-17-43-76(72)86)64-35-21-33-62(51-64)60-31-19-29-58(49-60)55-24-6-2-7-25-55/h1-53,69,73H. The van der Waals surface area contributed by atoms with Crippen molar-refractivity contribution in [3.05, 3.63) is 327 Å². The van der Waals surface area contributed by atoms with Crippen LogP contribution in [0.4, 0.5) is 11.4 Å². The van der Waals surface area contributed by atoms with Gasteiger partial charge in [0.2, 0.25) is 0 Å². The Balaban J connectivity index is 0.875. The molecule has 0 saturated carbocycles. The molecule has 12 aromatic carbocycles. The molecule has 2 aliphatic rings. The van der Waals surface area contributed by atoms with Crippen LogP contribution in [0.15, 0.2) is 322 Å². The summed E-state index contributed by atoms with van der Waals surface area (Å²) in [6.07, 6.45) is 9.07. The molecule has 0 radical (unpaired) electrons. The van der Waals surface area contributed by atoms with E-state index in [-0.39, 0.29) is 12.0 Å². The first-order valence-corrected chi connectivity index (χ1v) is 29.5. The van der Waals surface area contributed by atoms with Crippen LogP contribution in [-0.4, -0.2) is 25.6 Å². The Labute approximate surface area is 500 Å². The minimum atomic E-state index is 0.0591. The molecule has 0 amide bonds. The number of benzene rings is 12. The third kappa shape index (κ3) is 9.10. The minimum Gasteiger partial charge on any atom is -0.333 e. The van der Waals surface area contributed by atoms with Gasteiger partial charge in [0.25, 0.3) is 0 Å². The van der Waals surface area contributed by atoms with Crippen molar-refractivity contribution >= 4 is 33.2 Å². The van der Waals surface area contributed by atoms with Crippen LogP contribution in [0.1, 0.15) is 11.5 Å². The first-order valence-electron chi connectivity index (χ1n) is 29.5. The Morgan fingerprint density at radius 1 is 0.256 bits per heavy atom. The van der Waals surface area contributed by atoms with Crippen molar-refractivity contribution in [1.29, 1.82) is 0 Å². The van der Waals surface area contributed by atoms with Gasteiger partial charge in [-0.2, -0.15) is 0 Å². The van der Waals surface area contributed by atoms with E-state index < -0.39 is 0 Å². The van der Waals surface area contributed by atoms with Crippen LogP contribution >= 0.6 is 0 Å². The molecule has 16 rings (SSSR count). The Bertz CT molecular complexity index is 4910. The molecule has 0 bridgehead atoms. The molecule has 3 heterocycles. The molecule has 2 atom stereocenters. The molecule has 1 aliphatic carbocycles. The van der Waals surface area contributed by atoms with Crippen LogP contribution in [0.2, 0.25) is 0 Å². The molecule has 0 fully saturated rings. The Kier molecular flexibility index (Phi) is 12.6. The summed E-state index contributed by atoms with van der Waals surface area (Å²) in [4.78, 5) is 18.9. The van der Waals surface area contributed by atoms with Gasteiger partial charge >= 0.3 is 0 Å². The third-order valence-corrected chi connectivity index (χ3v) is 17.2. The Morgan fingerprint density at radius 3 is 1.17 bits per heavy atom. The van der Waals surface area contributed by atoms with Gasteiger partial charge in [-0.1, -0.05) is 267 Å². The van der Waals surface area contributed by atoms with Gasteiger partial charge < -0.3 is 9.47 Å². The molecule has 0 spiro atoms. The van der Waals surface area contributed by atoms with Crippen LogP contribution in [0.25, 0.3) is 128 Å². The van der Waals surface area contributed by atoms with Gasteiger partial charge in [-0.05, 0) is 116 Å². The normalized spacial score (nSPS) is 14.2. The van der Waals surface area contributed by atoms with Crippen LogP contribution in [0.5, 0.6) is 0 Å². The molecule has 0 saturated heterocycles. The maximum atomic E-state index is 5.54. The Hall–Kier alpha value is -11.3. The lowest BCUT2D eigenvalue weighted by Gasteiger charge is -2.31. The number of anilines is 2. The van der Waals surface area contributed by atoms with Gasteiger partial charge in [0, 0.05) is 50.2 Å². The highest BCUT2D eigenvalue weighted by molar-refractivity contribution is 6.10. The van der Waals surface area contributed by atoms with Crippen LogP contribution in [-0.2, 0) is 0 Å². The first-order chi connectivity index (χ1) is 42.6. The quantitative estimate of drug-likeness (QED) is 0.129. The summed E-state index contributed by atoms with van der Waals surface area (Å²) in [5, 5.41) is 2.38. The van der Waals surface area contributed by atoms with E-state index in [1.165, 1.54) is 44.3 Å². The third-order valence-electron chi connectivity index (χ3n) is 17.2. The zero-order valence-electron chi connectivity index (χ0n) is 47.0. The second-order valence-electron chi connectivity index (χ2n) is 22.3. The van der Waals surface area contributed by atoms with E-state index in [2.05, 4.69) is 313 Å². The van der Waals surface area contributed by atoms with Gasteiger partial charge in [-0.25, -0.2) is 15.0 Å². The number of aromatic nitrogens is 4. The second-order valence-corrected chi connectivity index (χ2v) is 22.3. The average Bonchev–Trinajstić information content (AvgIpc) is 2.10. The number of para-hydroxylation sites is 3. The van der Waals surface area contributed by atoms with E-state index in [4.69, 9.17) is 15.0 Å². The molecule has 404 valence electrons. The fourth-order valence-electron chi connectivity index (χ4n) is 13.1. The number of fused-ring (bicyclic) bond motifs is 6. The van der Waals surface area contributed by atoms with E-state index in [1.807, 2.05) is 18.2 Å². The van der Waals surface area contributed by atoms with Crippen molar-refractivity contribution < 1.29 is 0 Å². The second kappa shape index (κ2) is 21.5. The predicted octanol–water partition coefficient (Wildman–Crippen LogP) is 20.7. The molecule has 5 nitrogen and oxygen atoms in total. The summed E-state index contributed by atoms with van der Waals surface area (Å²) in [5.41, 5.74) is 23.3. The SMILES string of the molecule is C1=CC2c3ccccc3N(c3cc(-c4nc(-c5ccccc5)nc(-c5ccc(-c6cccc(-c7cccc(-c8ccccc8)c7)c6)c(-n6c7ccccc7c7ccccc76)c5)n4)ccc3-c3cccc(-c4cccc(-c5ccccc5)c4)c3)C2C=C1. The minimum absolute atomic E-state index is 0.0591. The lowest BCUT2D eigenvalue weighted by atomic mass is 9.91. The molecule has 14 aromatic rings. The van der Waals surface area contributed by atoms with Gasteiger partial charge in [0.15, 0.2) is 17.5 Å². The highest BCUT2D eigenvalue weighted by Gasteiger charge is 2.38. The summed E-state index contributed by atoms with van der Waals surface area (Å²) < 4.78 is 2.42. The van der Waals surface area contributed by atoms with Gasteiger partial charge in [-0.15, -0.1) is 0 Å². The number of hydrogen-bond donors (Lipinski definition) is 0. The lowest BCUT2D eigenvalue weighted by molar-refractivity contribution is 0.745. The number of allylic oxidation sites excluding steroid dienone is 2. The topological polar surface area (TPSA) is 46.8 Å². The fourth-order valence-corrected chi connectivity index (χ4v) is 13.1. The van der Waals surface area contributed by atoms with Gasteiger partial charge in [0.05, 0.1) is 28.5 Å². The molecule has 86 heavy (non-hydrogen) atoms. The van der Waals surface area contributed by atoms with E-state index in [1.54, 1.807) is 0 Å².